The molecule has 0 aliphatic heterocycles. The van der Waals surface area contributed by atoms with E-state index < -0.39 is 4.92 Å². The van der Waals surface area contributed by atoms with Crippen molar-refractivity contribution in [2.45, 2.75) is 20.3 Å². The monoisotopic (exact) mass is 306 g/mol. The topological polar surface area (TPSA) is 98.0 Å². The molecule has 1 heterocycles. The summed E-state index contributed by atoms with van der Waals surface area (Å²) in [6.07, 6.45) is 0.423. The molecule has 0 unspecified atom stereocenters. The van der Waals surface area contributed by atoms with Crippen LogP contribution in [0.1, 0.15) is 20.3 Å². The van der Waals surface area contributed by atoms with Gasteiger partial charge in [-0.15, -0.1) is 10.2 Å². The summed E-state index contributed by atoms with van der Waals surface area (Å²) < 4.78 is 0. The van der Waals surface area contributed by atoms with Gasteiger partial charge in [0.05, 0.1) is 4.92 Å². The smallest absolute Gasteiger partial charge is 0.269 e. The van der Waals surface area contributed by atoms with E-state index in [-0.39, 0.29) is 17.5 Å². The fraction of sp³-hybridized carbons (Fsp3) is 0.308. The summed E-state index contributed by atoms with van der Waals surface area (Å²) in [5.74, 6) is 0.170. The third-order valence-corrected chi connectivity index (χ3v) is 3.48. The maximum Gasteiger partial charge on any atom is 0.269 e. The minimum Gasteiger partial charge on any atom is -0.301 e. The lowest BCUT2D eigenvalue weighted by molar-refractivity contribution is -0.384. The minimum absolute atomic E-state index is 0.0220. The minimum atomic E-state index is -0.457. The summed E-state index contributed by atoms with van der Waals surface area (Å²) >= 11 is 1.23. The van der Waals surface area contributed by atoms with E-state index in [2.05, 4.69) is 15.5 Å². The van der Waals surface area contributed by atoms with Gasteiger partial charge < -0.3 is 5.32 Å². The Labute approximate surface area is 125 Å². The van der Waals surface area contributed by atoms with Crippen molar-refractivity contribution in [2.75, 3.05) is 5.32 Å². The highest BCUT2D eigenvalue weighted by Crippen LogP contribution is 2.27. The molecule has 0 aliphatic rings. The highest BCUT2D eigenvalue weighted by Gasteiger charge is 2.12. The highest BCUT2D eigenvalue weighted by atomic mass is 32.1. The maximum absolute atomic E-state index is 11.6. The van der Waals surface area contributed by atoms with Gasteiger partial charge in [-0.2, -0.15) is 0 Å². The Morgan fingerprint density at radius 3 is 2.57 bits per heavy atom. The fourth-order valence-corrected chi connectivity index (χ4v) is 2.42. The number of anilines is 1. The van der Waals surface area contributed by atoms with Crippen LogP contribution in [0.5, 0.6) is 0 Å². The first kappa shape index (κ1) is 15.0. The van der Waals surface area contributed by atoms with Crippen LogP contribution in [0.2, 0.25) is 0 Å². The van der Waals surface area contributed by atoms with Gasteiger partial charge in [0, 0.05) is 24.1 Å². The summed E-state index contributed by atoms with van der Waals surface area (Å²) in [4.78, 5) is 21.8. The van der Waals surface area contributed by atoms with E-state index in [1.807, 2.05) is 13.8 Å². The lowest BCUT2D eigenvalue weighted by Gasteiger charge is -2.02. The molecular weight excluding hydrogens is 292 g/mol. The van der Waals surface area contributed by atoms with E-state index in [0.717, 1.165) is 5.56 Å². The predicted octanol–water partition coefficient (Wildman–Crippen LogP) is 3.10. The van der Waals surface area contributed by atoms with Crippen LogP contribution in [0.15, 0.2) is 24.3 Å². The van der Waals surface area contributed by atoms with Gasteiger partial charge in [-0.25, -0.2) is 0 Å². The van der Waals surface area contributed by atoms with Crippen molar-refractivity contribution in [3.63, 3.8) is 0 Å². The molecule has 0 atom stereocenters. The standard InChI is InChI=1S/C13H14N4O3S/c1-8(2)7-11(18)14-13-16-15-12(21-13)9-3-5-10(6-4-9)17(19)20/h3-6,8H,7H2,1-2H3,(H,14,16,18). The molecule has 0 saturated heterocycles. The van der Waals surface area contributed by atoms with E-state index in [9.17, 15) is 14.9 Å². The van der Waals surface area contributed by atoms with Crippen LogP contribution in [0.4, 0.5) is 10.8 Å². The Bertz CT molecular complexity index is 652. The van der Waals surface area contributed by atoms with Gasteiger partial charge in [0.1, 0.15) is 5.01 Å². The largest absolute Gasteiger partial charge is 0.301 e. The number of aromatic nitrogens is 2. The number of nitro benzene ring substituents is 1. The van der Waals surface area contributed by atoms with Crippen molar-refractivity contribution in [1.82, 2.24) is 10.2 Å². The molecule has 2 rings (SSSR count). The van der Waals surface area contributed by atoms with Gasteiger partial charge in [-0.3, -0.25) is 14.9 Å². The van der Waals surface area contributed by atoms with Crippen LogP contribution < -0.4 is 5.32 Å². The van der Waals surface area contributed by atoms with Gasteiger partial charge in [0.25, 0.3) is 5.69 Å². The molecule has 0 bridgehead atoms. The van der Waals surface area contributed by atoms with Gasteiger partial charge in [-0.1, -0.05) is 25.2 Å². The van der Waals surface area contributed by atoms with Crippen LogP contribution in [-0.4, -0.2) is 21.0 Å². The molecule has 0 fully saturated rings. The van der Waals surface area contributed by atoms with Crippen LogP contribution in [0.25, 0.3) is 10.6 Å². The van der Waals surface area contributed by atoms with E-state index >= 15 is 0 Å². The van der Waals surface area contributed by atoms with E-state index in [0.29, 0.717) is 16.6 Å². The molecule has 0 spiro atoms. The molecule has 7 nitrogen and oxygen atoms in total. The first-order valence-corrected chi connectivity index (χ1v) is 7.15. The normalized spacial score (nSPS) is 10.6. The first-order valence-electron chi connectivity index (χ1n) is 6.34. The number of nitrogens with one attached hydrogen (secondary N) is 1. The molecule has 0 saturated carbocycles. The van der Waals surface area contributed by atoms with Gasteiger partial charge in [0.15, 0.2) is 0 Å². The average molecular weight is 306 g/mol. The summed E-state index contributed by atoms with van der Waals surface area (Å²) in [5, 5.41) is 22.2. The summed E-state index contributed by atoms with van der Waals surface area (Å²) in [6.45, 7) is 3.92. The number of hydrogen-bond acceptors (Lipinski definition) is 6. The number of nitrogens with zero attached hydrogens (tertiary/aromatic N) is 3. The number of carbonyl (C=O) groups excluding carboxylic acids is 1. The second-order valence-electron chi connectivity index (χ2n) is 4.86. The first-order chi connectivity index (χ1) is 9.95. The van der Waals surface area contributed by atoms with Crippen LogP contribution in [0.3, 0.4) is 0 Å². The number of benzene rings is 1. The molecule has 1 amide bonds. The molecule has 1 N–H and O–H groups in total. The van der Waals surface area contributed by atoms with Crippen molar-refractivity contribution in [3.05, 3.63) is 34.4 Å². The second-order valence-corrected chi connectivity index (χ2v) is 5.84. The van der Waals surface area contributed by atoms with Crippen LogP contribution in [-0.2, 0) is 4.79 Å². The quantitative estimate of drug-likeness (QED) is 0.676. The highest BCUT2D eigenvalue weighted by molar-refractivity contribution is 7.18. The Balaban J connectivity index is 2.09. The third-order valence-electron chi connectivity index (χ3n) is 2.59. The van der Waals surface area contributed by atoms with Crippen molar-refractivity contribution in [3.8, 4) is 10.6 Å². The zero-order chi connectivity index (χ0) is 15.4. The van der Waals surface area contributed by atoms with Crippen molar-refractivity contribution in [2.24, 2.45) is 5.92 Å². The fourth-order valence-electron chi connectivity index (χ4n) is 1.66. The molecule has 1 aromatic heterocycles. The summed E-state index contributed by atoms with van der Waals surface area (Å²) in [6, 6.07) is 6.04. The number of rotatable bonds is 5. The molecule has 110 valence electrons. The van der Waals surface area contributed by atoms with E-state index in [1.165, 1.54) is 23.5 Å². The third kappa shape index (κ3) is 4.06. The van der Waals surface area contributed by atoms with Gasteiger partial charge in [0.2, 0.25) is 11.0 Å². The molecular formula is C13H14N4O3S. The van der Waals surface area contributed by atoms with Crippen molar-refractivity contribution >= 4 is 28.1 Å². The number of carbonyl (C=O) groups is 1. The zero-order valence-corrected chi connectivity index (χ0v) is 12.4. The molecule has 0 aliphatic carbocycles. The average Bonchev–Trinajstić information content (AvgIpc) is 2.86. The van der Waals surface area contributed by atoms with Gasteiger partial charge >= 0.3 is 0 Å². The Kier molecular flexibility index (Phi) is 4.59. The Morgan fingerprint density at radius 2 is 2.00 bits per heavy atom. The molecule has 1 aromatic carbocycles. The van der Waals surface area contributed by atoms with E-state index in [4.69, 9.17) is 0 Å². The maximum atomic E-state index is 11.6. The molecule has 21 heavy (non-hydrogen) atoms. The lowest BCUT2D eigenvalue weighted by atomic mass is 10.1. The number of nitro groups is 1. The van der Waals surface area contributed by atoms with Crippen LogP contribution in [0, 0.1) is 16.0 Å². The zero-order valence-electron chi connectivity index (χ0n) is 11.6. The second kappa shape index (κ2) is 6.40. The summed E-state index contributed by atoms with van der Waals surface area (Å²) in [7, 11) is 0. The number of non-ortho nitro benzene ring substituents is 1. The van der Waals surface area contributed by atoms with Crippen molar-refractivity contribution in [1.29, 1.82) is 0 Å². The number of amides is 1. The van der Waals surface area contributed by atoms with Gasteiger partial charge in [-0.05, 0) is 18.1 Å². The molecule has 2 aromatic rings. The molecule has 0 radical (unpaired) electrons. The Hall–Kier alpha value is -2.35. The van der Waals surface area contributed by atoms with Crippen molar-refractivity contribution < 1.29 is 9.72 Å². The Morgan fingerprint density at radius 1 is 1.33 bits per heavy atom. The molecule has 8 heteroatoms. The lowest BCUT2D eigenvalue weighted by Crippen LogP contribution is -2.13. The number of hydrogen-bond donors (Lipinski definition) is 1. The summed E-state index contributed by atoms with van der Waals surface area (Å²) in [5.41, 5.74) is 0.746. The predicted molar refractivity (Wildman–Crippen MR) is 80.1 cm³/mol. The van der Waals surface area contributed by atoms with E-state index in [1.54, 1.807) is 12.1 Å². The SMILES string of the molecule is CC(C)CC(=O)Nc1nnc(-c2ccc([N+](=O)[O-])cc2)s1. The van der Waals surface area contributed by atoms with Crippen LogP contribution >= 0.6 is 11.3 Å².